The Balaban J connectivity index is 2.82. The Morgan fingerprint density at radius 3 is 3.07 bits per heavy atom. The lowest BCUT2D eigenvalue weighted by Crippen LogP contribution is -2.14. The monoisotopic (exact) mass is 194 g/mol. The summed E-state index contributed by atoms with van der Waals surface area (Å²) in [5.41, 5.74) is 6.34. The normalized spacial score (nSPS) is 12.2. The van der Waals surface area contributed by atoms with Crippen molar-refractivity contribution in [2.75, 3.05) is 0 Å². The molecule has 0 spiro atoms. The van der Waals surface area contributed by atoms with Crippen molar-refractivity contribution >= 4 is 16.9 Å². The number of halogens is 1. The molecule has 6 heteroatoms. The molecule has 0 atom stereocenters. The minimum absolute atomic E-state index is 0.144. The summed E-state index contributed by atoms with van der Waals surface area (Å²) < 4.78 is 13.2. The quantitative estimate of drug-likeness (QED) is 0.306. The van der Waals surface area contributed by atoms with Crippen LogP contribution in [0.3, 0.4) is 0 Å². The molecule has 0 aliphatic heterocycles. The van der Waals surface area contributed by atoms with Gasteiger partial charge in [-0.3, -0.25) is 0 Å². The Bertz CT molecular complexity index is 505. The van der Waals surface area contributed by atoms with Crippen LogP contribution in [-0.4, -0.2) is 20.8 Å². The molecular formula is C8H7FN4O. The van der Waals surface area contributed by atoms with Crippen LogP contribution in [0.15, 0.2) is 29.7 Å². The number of para-hydroxylation sites is 1. The topological polar surface area (TPSA) is 76.4 Å². The second-order valence-electron chi connectivity index (χ2n) is 2.71. The summed E-state index contributed by atoms with van der Waals surface area (Å²) in [5.74, 6) is -0.144. The first kappa shape index (κ1) is 8.49. The van der Waals surface area contributed by atoms with Crippen molar-refractivity contribution in [3.05, 3.63) is 30.1 Å². The number of hydrogen-bond acceptors (Lipinski definition) is 3. The van der Waals surface area contributed by atoms with Gasteiger partial charge in [-0.2, -0.15) is 4.79 Å². The van der Waals surface area contributed by atoms with Crippen molar-refractivity contribution in [1.82, 2.24) is 9.77 Å². The molecule has 2 rings (SSSR count). The van der Waals surface area contributed by atoms with E-state index in [1.807, 2.05) is 0 Å². The average molecular weight is 194 g/mol. The molecule has 0 unspecified atom stereocenters. The SMILES string of the molecule is N/C(=N\O)c1cccc2ncn(F)c12. The maximum absolute atomic E-state index is 13.2. The lowest BCUT2D eigenvalue weighted by atomic mass is 10.2. The van der Waals surface area contributed by atoms with Gasteiger partial charge in [0.2, 0.25) is 0 Å². The lowest BCUT2D eigenvalue weighted by Gasteiger charge is -2.00. The van der Waals surface area contributed by atoms with Crippen molar-refractivity contribution < 1.29 is 9.69 Å². The molecule has 0 amide bonds. The molecule has 0 radical (unpaired) electrons. The van der Waals surface area contributed by atoms with Gasteiger partial charge in [-0.05, 0) is 12.1 Å². The molecule has 0 aliphatic rings. The van der Waals surface area contributed by atoms with Crippen LogP contribution in [0.25, 0.3) is 11.0 Å². The molecule has 0 aliphatic carbocycles. The Morgan fingerprint density at radius 2 is 2.36 bits per heavy atom. The molecule has 3 N–H and O–H groups in total. The zero-order chi connectivity index (χ0) is 10.1. The fourth-order valence-corrected chi connectivity index (χ4v) is 1.29. The minimum Gasteiger partial charge on any atom is -0.409 e. The van der Waals surface area contributed by atoms with Gasteiger partial charge in [0, 0.05) is 5.56 Å². The maximum Gasteiger partial charge on any atom is 0.172 e. The van der Waals surface area contributed by atoms with Gasteiger partial charge < -0.3 is 10.9 Å². The summed E-state index contributed by atoms with van der Waals surface area (Å²) >= 11 is 0. The zero-order valence-electron chi connectivity index (χ0n) is 7.05. The molecule has 1 aromatic heterocycles. The standard InChI is InChI=1S/C8H7FN4O/c9-13-4-11-6-3-1-2-5(7(6)13)8(10)12-14/h1-4,14H,(H2,10,12). The highest BCUT2D eigenvalue weighted by atomic mass is 19.2. The average Bonchev–Trinajstić information content (AvgIpc) is 2.59. The Kier molecular flexibility index (Phi) is 1.81. The van der Waals surface area contributed by atoms with Crippen LogP contribution in [0.5, 0.6) is 0 Å². The molecule has 14 heavy (non-hydrogen) atoms. The van der Waals surface area contributed by atoms with Gasteiger partial charge in [0.1, 0.15) is 11.8 Å². The van der Waals surface area contributed by atoms with E-state index in [-0.39, 0.29) is 11.4 Å². The van der Waals surface area contributed by atoms with Crippen LogP contribution in [-0.2, 0) is 0 Å². The van der Waals surface area contributed by atoms with E-state index in [1.54, 1.807) is 18.2 Å². The van der Waals surface area contributed by atoms with Crippen molar-refractivity contribution in [3.8, 4) is 0 Å². The van der Waals surface area contributed by atoms with Crippen LogP contribution < -0.4 is 5.73 Å². The van der Waals surface area contributed by atoms with Crippen LogP contribution in [0, 0.1) is 0 Å². The van der Waals surface area contributed by atoms with Crippen molar-refractivity contribution in [3.63, 3.8) is 0 Å². The summed E-state index contributed by atoms with van der Waals surface area (Å²) in [5, 5.41) is 11.3. The van der Waals surface area contributed by atoms with Gasteiger partial charge in [-0.1, -0.05) is 15.7 Å². The zero-order valence-corrected chi connectivity index (χ0v) is 7.05. The minimum atomic E-state index is -0.144. The summed E-state index contributed by atoms with van der Waals surface area (Å²) in [6.07, 6.45) is 1.03. The van der Waals surface area contributed by atoms with Gasteiger partial charge in [-0.15, -0.1) is 0 Å². The van der Waals surface area contributed by atoms with Gasteiger partial charge >= 0.3 is 0 Å². The van der Waals surface area contributed by atoms with E-state index in [4.69, 9.17) is 10.9 Å². The number of nitrogens with zero attached hydrogens (tertiary/aromatic N) is 3. The molecule has 72 valence electrons. The predicted molar refractivity (Wildman–Crippen MR) is 48.7 cm³/mol. The fraction of sp³-hybridized carbons (Fsp3) is 0. The maximum atomic E-state index is 13.2. The van der Waals surface area contributed by atoms with E-state index in [1.165, 1.54) is 0 Å². The van der Waals surface area contributed by atoms with Crippen molar-refractivity contribution in [2.45, 2.75) is 0 Å². The smallest absolute Gasteiger partial charge is 0.172 e. The van der Waals surface area contributed by atoms with E-state index in [9.17, 15) is 4.48 Å². The number of fused-ring (bicyclic) bond motifs is 1. The number of rotatable bonds is 1. The summed E-state index contributed by atoms with van der Waals surface area (Å²) in [4.78, 5) is 4.13. The van der Waals surface area contributed by atoms with Gasteiger partial charge in [0.05, 0.1) is 5.52 Å². The highest BCUT2D eigenvalue weighted by Crippen LogP contribution is 2.17. The van der Waals surface area contributed by atoms with Crippen molar-refractivity contribution in [2.24, 2.45) is 10.9 Å². The molecule has 0 fully saturated rings. The second kappa shape index (κ2) is 2.99. The first-order valence-electron chi connectivity index (χ1n) is 3.84. The summed E-state index contributed by atoms with van der Waals surface area (Å²) in [6, 6.07) is 4.84. The van der Waals surface area contributed by atoms with Gasteiger partial charge in [0.15, 0.2) is 5.84 Å². The van der Waals surface area contributed by atoms with E-state index < -0.39 is 0 Å². The summed E-state index contributed by atoms with van der Waals surface area (Å²) in [7, 11) is 0. The summed E-state index contributed by atoms with van der Waals surface area (Å²) in [6.45, 7) is 0. The third kappa shape index (κ3) is 1.08. The van der Waals surface area contributed by atoms with Crippen LogP contribution in [0.4, 0.5) is 4.48 Å². The Labute approximate surface area is 78.2 Å². The fourth-order valence-electron chi connectivity index (χ4n) is 1.29. The van der Waals surface area contributed by atoms with Crippen LogP contribution in [0.2, 0.25) is 0 Å². The first-order valence-corrected chi connectivity index (χ1v) is 3.84. The number of amidine groups is 1. The largest absolute Gasteiger partial charge is 0.409 e. The lowest BCUT2D eigenvalue weighted by molar-refractivity contribution is 0.318. The molecule has 0 saturated heterocycles. The molecule has 1 heterocycles. The van der Waals surface area contributed by atoms with Crippen LogP contribution in [0.1, 0.15) is 5.56 Å². The number of benzene rings is 1. The number of hydrogen-bond donors (Lipinski definition) is 2. The number of nitrogens with two attached hydrogens (primary N) is 1. The predicted octanol–water partition coefficient (Wildman–Crippen LogP) is 0.863. The van der Waals surface area contributed by atoms with E-state index in [0.29, 0.717) is 15.9 Å². The number of imidazole rings is 1. The molecule has 2 aromatic rings. The molecule has 5 nitrogen and oxygen atoms in total. The Morgan fingerprint density at radius 1 is 1.57 bits per heavy atom. The number of oxime groups is 1. The number of aromatic nitrogens is 2. The molecule has 1 aromatic carbocycles. The van der Waals surface area contributed by atoms with E-state index in [2.05, 4.69) is 10.1 Å². The van der Waals surface area contributed by atoms with Gasteiger partial charge in [0.25, 0.3) is 0 Å². The highest BCUT2D eigenvalue weighted by Gasteiger charge is 2.10. The third-order valence-electron chi connectivity index (χ3n) is 1.91. The van der Waals surface area contributed by atoms with E-state index in [0.717, 1.165) is 6.33 Å². The van der Waals surface area contributed by atoms with E-state index >= 15 is 0 Å². The second-order valence-corrected chi connectivity index (χ2v) is 2.71. The van der Waals surface area contributed by atoms with Crippen LogP contribution >= 0.6 is 0 Å². The molecule has 0 saturated carbocycles. The molecular weight excluding hydrogens is 187 g/mol. The third-order valence-corrected chi connectivity index (χ3v) is 1.91. The van der Waals surface area contributed by atoms with Crippen molar-refractivity contribution in [1.29, 1.82) is 0 Å². The Hall–Kier alpha value is -2.11. The van der Waals surface area contributed by atoms with Gasteiger partial charge in [-0.25, -0.2) is 4.98 Å². The highest BCUT2D eigenvalue weighted by molar-refractivity contribution is 6.06. The first-order chi connectivity index (χ1) is 6.74. The molecule has 0 bridgehead atoms.